The van der Waals surface area contributed by atoms with E-state index in [0.29, 0.717) is 6.54 Å². The molecule has 0 radical (unpaired) electrons. The molecule has 2 aliphatic rings. The summed E-state index contributed by atoms with van der Waals surface area (Å²) in [6, 6.07) is 13.0. The van der Waals surface area contributed by atoms with Crippen molar-refractivity contribution in [3.8, 4) is 11.5 Å². The zero-order valence-electron chi connectivity index (χ0n) is 18.3. The van der Waals surface area contributed by atoms with Gasteiger partial charge in [-0.05, 0) is 73.5 Å². The van der Waals surface area contributed by atoms with Crippen LogP contribution in [0.5, 0.6) is 11.5 Å². The molecule has 2 fully saturated rings. The van der Waals surface area contributed by atoms with Crippen molar-refractivity contribution in [2.75, 3.05) is 33.9 Å². The van der Waals surface area contributed by atoms with Crippen LogP contribution < -0.4 is 14.8 Å². The minimum Gasteiger partial charge on any atom is -0.496 e. The zero-order chi connectivity index (χ0) is 21.8. The SMILES string of the molecule is COc1cc(CN2CCC3(CC2)CC3C(=O)NCCc2ccccc2OC)ccc1F. The third kappa shape index (κ3) is 4.85. The summed E-state index contributed by atoms with van der Waals surface area (Å²) in [7, 11) is 3.16. The highest BCUT2D eigenvalue weighted by molar-refractivity contribution is 5.82. The van der Waals surface area contributed by atoms with Crippen LogP contribution in [0.25, 0.3) is 0 Å². The molecule has 2 aromatic carbocycles. The molecule has 1 amide bonds. The Hall–Kier alpha value is -2.60. The van der Waals surface area contributed by atoms with E-state index in [1.54, 1.807) is 13.2 Å². The van der Waals surface area contributed by atoms with E-state index in [1.807, 2.05) is 30.3 Å². The Morgan fingerprint density at radius 1 is 1.13 bits per heavy atom. The van der Waals surface area contributed by atoms with Crippen molar-refractivity contribution in [2.24, 2.45) is 11.3 Å². The van der Waals surface area contributed by atoms with Crippen molar-refractivity contribution in [1.29, 1.82) is 0 Å². The number of methoxy groups -OCH3 is 2. The Bertz CT molecular complexity index is 925. The number of para-hydroxylation sites is 1. The highest BCUT2D eigenvalue weighted by atomic mass is 19.1. The quantitative estimate of drug-likeness (QED) is 0.698. The second-order valence-corrected chi connectivity index (χ2v) is 8.72. The number of halogens is 1. The van der Waals surface area contributed by atoms with Crippen molar-refractivity contribution >= 4 is 5.91 Å². The lowest BCUT2D eigenvalue weighted by Crippen LogP contribution is -2.37. The molecule has 4 rings (SSSR count). The summed E-state index contributed by atoms with van der Waals surface area (Å²) in [5, 5.41) is 3.13. The van der Waals surface area contributed by atoms with Crippen LogP contribution >= 0.6 is 0 Å². The molecule has 1 unspecified atom stereocenters. The Morgan fingerprint density at radius 3 is 2.61 bits per heavy atom. The van der Waals surface area contributed by atoms with Crippen molar-refractivity contribution < 1.29 is 18.7 Å². The Morgan fingerprint density at radius 2 is 1.87 bits per heavy atom. The second kappa shape index (κ2) is 9.27. The van der Waals surface area contributed by atoms with E-state index >= 15 is 0 Å². The topological polar surface area (TPSA) is 50.8 Å². The first-order chi connectivity index (χ1) is 15.0. The highest BCUT2D eigenvalue weighted by Crippen LogP contribution is 2.59. The predicted molar refractivity (Wildman–Crippen MR) is 118 cm³/mol. The molecule has 1 spiro atoms. The number of amides is 1. The summed E-state index contributed by atoms with van der Waals surface area (Å²) in [5.74, 6) is 1.15. The second-order valence-electron chi connectivity index (χ2n) is 8.72. The third-order valence-electron chi connectivity index (χ3n) is 6.87. The molecule has 1 atom stereocenters. The fraction of sp³-hybridized carbons (Fsp3) is 0.480. The predicted octanol–water partition coefficient (Wildman–Crippen LogP) is 3.80. The summed E-state index contributed by atoms with van der Waals surface area (Å²) in [5.41, 5.74) is 2.34. The van der Waals surface area contributed by atoms with Gasteiger partial charge in [-0.25, -0.2) is 4.39 Å². The molecule has 1 saturated heterocycles. The number of carbonyl (C=O) groups excluding carboxylic acids is 1. The molecule has 1 aliphatic carbocycles. The number of nitrogens with zero attached hydrogens (tertiary/aromatic N) is 1. The molecule has 2 aromatic rings. The fourth-order valence-electron chi connectivity index (χ4n) is 4.84. The van der Waals surface area contributed by atoms with Gasteiger partial charge in [0.2, 0.25) is 5.91 Å². The number of carbonyl (C=O) groups is 1. The maximum atomic E-state index is 13.6. The van der Waals surface area contributed by atoms with Gasteiger partial charge in [-0.1, -0.05) is 24.3 Å². The molecule has 31 heavy (non-hydrogen) atoms. The normalized spacial score (nSPS) is 19.8. The minimum atomic E-state index is -0.332. The number of hydrogen-bond donors (Lipinski definition) is 1. The number of ether oxygens (including phenoxy) is 2. The number of nitrogens with one attached hydrogen (secondary N) is 1. The Kier molecular flexibility index (Phi) is 6.46. The van der Waals surface area contributed by atoms with Gasteiger partial charge in [-0.15, -0.1) is 0 Å². The van der Waals surface area contributed by atoms with Gasteiger partial charge in [0.1, 0.15) is 5.75 Å². The average molecular weight is 427 g/mol. The molecule has 166 valence electrons. The van der Waals surface area contributed by atoms with Crippen molar-refractivity contribution in [3.63, 3.8) is 0 Å². The molecule has 1 heterocycles. The van der Waals surface area contributed by atoms with E-state index in [-0.39, 0.29) is 28.8 Å². The molecule has 1 saturated carbocycles. The summed E-state index contributed by atoms with van der Waals surface area (Å²) in [6.07, 6.45) is 3.84. The lowest BCUT2D eigenvalue weighted by atomic mass is 9.90. The number of piperidine rings is 1. The number of rotatable bonds is 8. The van der Waals surface area contributed by atoms with E-state index in [1.165, 1.54) is 13.2 Å². The van der Waals surface area contributed by atoms with Gasteiger partial charge >= 0.3 is 0 Å². The summed E-state index contributed by atoms with van der Waals surface area (Å²) in [4.78, 5) is 15.1. The lowest BCUT2D eigenvalue weighted by Gasteiger charge is -2.33. The molecule has 0 aromatic heterocycles. The highest BCUT2D eigenvalue weighted by Gasteiger charge is 2.58. The van der Waals surface area contributed by atoms with Crippen LogP contribution in [0.15, 0.2) is 42.5 Å². The van der Waals surface area contributed by atoms with E-state index in [4.69, 9.17) is 9.47 Å². The number of likely N-dealkylation sites (tertiary alicyclic amines) is 1. The van der Waals surface area contributed by atoms with Crippen molar-refractivity contribution in [1.82, 2.24) is 10.2 Å². The monoisotopic (exact) mass is 426 g/mol. The van der Waals surface area contributed by atoms with Crippen molar-refractivity contribution in [2.45, 2.75) is 32.2 Å². The van der Waals surface area contributed by atoms with E-state index in [2.05, 4.69) is 10.2 Å². The smallest absolute Gasteiger partial charge is 0.223 e. The Labute approximate surface area is 183 Å². The Balaban J connectivity index is 1.22. The summed E-state index contributed by atoms with van der Waals surface area (Å²) in [6.45, 7) is 3.34. The first-order valence-corrected chi connectivity index (χ1v) is 11.0. The molecule has 6 heteroatoms. The van der Waals surface area contributed by atoms with Gasteiger partial charge in [0.15, 0.2) is 11.6 Å². The van der Waals surface area contributed by atoms with Gasteiger partial charge < -0.3 is 14.8 Å². The first-order valence-electron chi connectivity index (χ1n) is 11.0. The number of benzene rings is 2. The number of hydrogen-bond acceptors (Lipinski definition) is 4. The van der Waals surface area contributed by atoms with Gasteiger partial charge in [-0.2, -0.15) is 0 Å². The minimum absolute atomic E-state index is 0.137. The van der Waals surface area contributed by atoms with Gasteiger partial charge in [-0.3, -0.25) is 9.69 Å². The van der Waals surface area contributed by atoms with Crippen molar-refractivity contribution in [3.05, 3.63) is 59.4 Å². The van der Waals surface area contributed by atoms with Crippen LogP contribution in [0.3, 0.4) is 0 Å². The average Bonchev–Trinajstić information content (AvgIpc) is 3.50. The fourth-order valence-corrected chi connectivity index (χ4v) is 4.84. The van der Waals surface area contributed by atoms with Crippen LogP contribution in [0.2, 0.25) is 0 Å². The van der Waals surface area contributed by atoms with Crippen LogP contribution in [-0.4, -0.2) is 44.7 Å². The van der Waals surface area contributed by atoms with Gasteiger partial charge in [0, 0.05) is 19.0 Å². The van der Waals surface area contributed by atoms with Crippen LogP contribution in [0.4, 0.5) is 4.39 Å². The maximum Gasteiger partial charge on any atom is 0.223 e. The van der Waals surface area contributed by atoms with Crippen LogP contribution in [-0.2, 0) is 17.8 Å². The molecule has 1 aliphatic heterocycles. The zero-order valence-corrected chi connectivity index (χ0v) is 18.3. The summed E-state index contributed by atoms with van der Waals surface area (Å²) < 4.78 is 24.1. The molecular weight excluding hydrogens is 395 g/mol. The van der Waals surface area contributed by atoms with Gasteiger partial charge in [0.25, 0.3) is 0 Å². The van der Waals surface area contributed by atoms with Gasteiger partial charge in [0.05, 0.1) is 14.2 Å². The largest absolute Gasteiger partial charge is 0.496 e. The lowest BCUT2D eigenvalue weighted by molar-refractivity contribution is -0.123. The van der Waals surface area contributed by atoms with E-state index in [0.717, 1.165) is 62.2 Å². The van der Waals surface area contributed by atoms with Crippen LogP contribution in [0.1, 0.15) is 30.4 Å². The standard InChI is InChI=1S/C25H31FN2O3/c1-30-22-6-4-3-5-19(22)9-12-27-24(29)20-16-25(20)10-13-28(14-11-25)17-18-7-8-21(26)23(15-18)31-2/h3-8,15,20H,9-14,16-17H2,1-2H3,(H,27,29). The van der Waals surface area contributed by atoms with Crippen LogP contribution in [0, 0.1) is 17.2 Å². The third-order valence-corrected chi connectivity index (χ3v) is 6.87. The first kappa shape index (κ1) is 21.6. The molecular formula is C25H31FN2O3. The molecule has 5 nitrogen and oxygen atoms in total. The van der Waals surface area contributed by atoms with E-state index in [9.17, 15) is 9.18 Å². The summed E-state index contributed by atoms with van der Waals surface area (Å²) >= 11 is 0. The van der Waals surface area contributed by atoms with E-state index < -0.39 is 0 Å². The maximum absolute atomic E-state index is 13.6. The molecule has 1 N–H and O–H groups in total. The molecule has 0 bridgehead atoms.